The number of aliphatic hydroxyl groups excluding tert-OH is 2. The van der Waals surface area contributed by atoms with Crippen molar-refractivity contribution >= 4 is 11.7 Å². The summed E-state index contributed by atoms with van der Waals surface area (Å²) in [6.45, 7) is 7.76. The second kappa shape index (κ2) is 8.15. The van der Waals surface area contributed by atoms with Gasteiger partial charge in [-0.3, -0.25) is 0 Å². The molecule has 2 unspecified atom stereocenters. The van der Waals surface area contributed by atoms with Crippen LogP contribution in [0.15, 0.2) is 69.6 Å². The van der Waals surface area contributed by atoms with Gasteiger partial charge in [0.1, 0.15) is 11.9 Å². The van der Waals surface area contributed by atoms with Crippen molar-refractivity contribution in [1.29, 1.82) is 0 Å². The van der Waals surface area contributed by atoms with Crippen molar-refractivity contribution in [2.75, 3.05) is 0 Å². The van der Waals surface area contributed by atoms with E-state index >= 15 is 0 Å². The van der Waals surface area contributed by atoms with Crippen molar-refractivity contribution in [3.8, 4) is 0 Å². The molecular formula is C23H27NO4. The van der Waals surface area contributed by atoms with Crippen LogP contribution in [-0.4, -0.2) is 34.1 Å². The molecule has 0 aromatic heterocycles. The zero-order chi connectivity index (χ0) is 20.4. The highest BCUT2D eigenvalue weighted by atomic mass is 16.5. The first-order chi connectivity index (χ1) is 13.3. The molecule has 148 valence electrons. The molecule has 0 fully saturated rings. The van der Waals surface area contributed by atoms with Gasteiger partial charge >= 0.3 is 5.97 Å². The van der Waals surface area contributed by atoms with Crippen LogP contribution in [0.25, 0.3) is 0 Å². The molecule has 3 atom stereocenters. The first kappa shape index (κ1) is 20.1. The summed E-state index contributed by atoms with van der Waals surface area (Å²) in [5, 5.41) is 21.2. The van der Waals surface area contributed by atoms with E-state index in [0.29, 0.717) is 22.4 Å². The average molecular weight is 381 g/mol. The molecule has 1 aliphatic carbocycles. The summed E-state index contributed by atoms with van der Waals surface area (Å²) in [7, 11) is 0. The summed E-state index contributed by atoms with van der Waals surface area (Å²) in [5.74, 6) is -0.715. The Balaban J connectivity index is 1.98. The quantitative estimate of drug-likeness (QED) is 0.590. The van der Waals surface area contributed by atoms with E-state index in [1.807, 2.05) is 39.0 Å². The summed E-state index contributed by atoms with van der Waals surface area (Å²) < 4.78 is 5.74. The van der Waals surface area contributed by atoms with E-state index in [1.165, 1.54) is 5.57 Å². The second-order valence-electron chi connectivity index (χ2n) is 7.68. The van der Waals surface area contributed by atoms with Crippen molar-refractivity contribution in [3.63, 3.8) is 0 Å². The molecule has 1 aromatic carbocycles. The predicted molar refractivity (Wildman–Crippen MR) is 109 cm³/mol. The summed E-state index contributed by atoms with van der Waals surface area (Å²) in [6.07, 6.45) is 1.85. The largest absolute Gasteiger partial charge is 0.509 e. The lowest BCUT2D eigenvalue weighted by molar-refractivity contribution is -0.139. The Kier molecular flexibility index (Phi) is 5.84. The lowest BCUT2D eigenvalue weighted by Crippen LogP contribution is -2.40. The minimum Gasteiger partial charge on any atom is -0.509 e. The molecule has 5 heteroatoms. The van der Waals surface area contributed by atoms with Crippen LogP contribution < -0.4 is 0 Å². The Bertz CT molecular complexity index is 888. The molecule has 2 aliphatic rings. The summed E-state index contributed by atoms with van der Waals surface area (Å²) in [5.41, 5.74) is 3.66. The molecule has 3 rings (SSSR count). The zero-order valence-electron chi connectivity index (χ0n) is 16.8. The maximum atomic E-state index is 12.7. The Morgan fingerprint density at radius 1 is 1.29 bits per heavy atom. The van der Waals surface area contributed by atoms with Crippen molar-refractivity contribution in [2.24, 2.45) is 10.9 Å². The fourth-order valence-electron chi connectivity index (χ4n) is 3.65. The Morgan fingerprint density at radius 3 is 2.61 bits per heavy atom. The highest BCUT2D eigenvalue weighted by Gasteiger charge is 2.42. The third kappa shape index (κ3) is 3.80. The molecule has 28 heavy (non-hydrogen) atoms. The number of hydrogen-bond donors (Lipinski definition) is 2. The predicted octanol–water partition coefficient (Wildman–Crippen LogP) is 4.24. The normalized spacial score (nSPS) is 23.0. The Labute approximate surface area is 165 Å². The van der Waals surface area contributed by atoms with Crippen molar-refractivity contribution < 1.29 is 19.7 Å². The fraction of sp³-hybridized carbons (Fsp3) is 0.391. The molecule has 2 N–H and O–H groups in total. The van der Waals surface area contributed by atoms with Gasteiger partial charge in [-0.05, 0) is 45.1 Å². The van der Waals surface area contributed by atoms with Gasteiger partial charge in [-0.1, -0.05) is 48.9 Å². The van der Waals surface area contributed by atoms with Crippen LogP contribution in [0.1, 0.15) is 46.1 Å². The first-order valence-corrected chi connectivity index (χ1v) is 9.61. The first-order valence-electron chi connectivity index (χ1n) is 9.61. The van der Waals surface area contributed by atoms with E-state index in [-0.39, 0.29) is 17.4 Å². The molecule has 1 aromatic rings. The Hall–Kier alpha value is -2.66. The lowest BCUT2D eigenvalue weighted by atomic mass is 9.81. The van der Waals surface area contributed by atoms with E-state index in [2.05, 4.69) is 11.1 Å². The highest BCUT2D eigenvalue weighted by Crippen LogP contribution is 2.39. The van der Waals surface area contributed by atoms with Crippen LogP contribution in [0.2, 0.25) is 0 Å². The number of ether oxygens (including phenoxy) is 1. The number of carbonyl (C=O) groups is 1. The number of esters is 1. The number of aliphatic hydroxyl groups is 2. The van der Waals surface area contributed by atoms with Crippen LogP contribution in [0.3, 0.4) is 0 Å². The molecule has 0 saturated heterocycles. The minimum absolute atomic E-state index is 0.0698. The van der Waals surface area contributed by atoms with Crippen molar-refractivity contribution in [2.45, 2.75) is 52.7 Å². The molecule has 0 radical (unpaired) electrons. The average Bonchev–Trinajstić information content (AvgIpc) is 2.66. The number of hydrogen-bond acceptors (Lipinski definition) is 5. The number of rotatable bonds is 5. The number of carbonyl (C=O) groups excluding carboxylic acids is 1. The van der Waals surface area contributed by atoms with E-state index in [0.717, 1.165) is 12.8 Å². The molecule has 0 amide bonds. The summed E-state index contributed by atoms with van der Waals surface area (Å²) in [6, 6.07) is 9.12. The van der Waals surface area contributed by atoms with Crippen molar-refractivity contribution in [3.05, 3.63) is 70.1 Å². The minimum atomic E-state index is -1.13. The molecular weight excluding hydrogens is 354 g/mol. The van der Waals surface area contributed by atoms with Gasteiger partial charge in [0.15, 0.2) is 11.8 Å². The number of nitrogens with zero attached hydrogens (tertiary/aromatic N) is 1. The maximum Gasteiger partial charge on any atom is 0.358 e. The van der Waals surface area contributed by atoms with E-state index in [1.54, 1.807) is 19.1 Å². The van der Waals surface area contributed by atoms with Gasteiger partial charge in [0.05, 0.1) is 5.70 Å². The summed E-state index contributed by atoms with van der Waals surface area (Å²) >= 11 is 0. The van der Waals surface area contributed by atoms with E-state index in [9.17, 15) is 15.0 Å². The molecule has 0 bridgehead atoms. The van der Waals surface area contributed by atoms with E-state index in [4.69, 9.17) is 4.74 Å². The van der Waals surface area contributed by atoms with Gasteiger partial charge in [0.2, 0.25) is 0 Å². The smallest absolute Gasteiger partial charge is 0.358 e. The fourth-order valence-corrected chi connectivity index (χ4v) is 3.65. The SMILES string of the molecule is CC(C)=CCC[C@@H](C)C1=C(O)C(O)C(C)=C2N=C(c3ccccc3)C(=O)OC21. The number of allylic oxidation sites excluding steroid dienone is 2. The number of fused-ring (bicyclic) bond motifs is 1. The maximum absolute atomic E-state index is 12.7. The van der Waals surface area contributed by atoms with Gasteiger partial charge in [0, 0.05) is 11.1 Å². The van der Waals surface area contributed by atoms with Crippen molar-refractivity contribution in [1.82, 2.24) is 0 Å². The van der Waals surface area contributed by atoms with Crippen LogP contribution in [-0.2, 0) is 9.53 Å². The van der Waals surface area contributed by atoms with Crippen LogP contribution in [0, 0.1) is 5.92 Å². The van der Waals surface area contributed by atoms with Crippen LogP contribution >= 0.6 is 0 Å². The van der Waals surface area contributed by atoms with Gasteiger partial charge in [-0.25, -0.2) is 9.79 Å². The molecule has 5 nitrogen and oxygen atoms in total. The summed E-state index contributed by atoms with van der Waals surface area (Å²) in [4.78, 5) is 17.2. The van der Waals surface area contributed by atoms with Crippen LogP contribution in [0.4, 0.5) is 0 Å². The van der Waals surface area contributed by atoms with Gasteiger partial charge in [-0.2, -0.15) is 0 Å². The lowest BCUT2D eigenvalue weighted by Gasteiger charge is -2.35. The molecule has 0 saturated carbocycles. The van der Waals surface area contributed by atoms with E-state index < -0.39 is 18.2 Å². The van der Waals surface area contributed by atoms with Crippen LogP contribution in [0.5, 0.6) is 0 Å². The number of benzene rings is 1. The monoisotopic (exact) mass is 381 g/mol. The molecule has 1 aliphatic heterocycles. The molecule has 0 spiro atoms. The van der Waals surface area contributed by atoms with Gasteiger partial charge in [0.25, 0.3) is 0 Å². The topological polar surface area (TPSA) is 79.1 Å². The Morgan fingerprint density at radius 2 is 1.96 bits per heavy atom. The van der Waals surface area contributed by atoms with Gasteiger partial charge in [-0.15, -0.1) is 0 Å². The number of aliphatic imine (C=N–C) groups is 1. The second-order valence-corrected chi connectivity index (χ2v) is 7.68. The third-order valence-electron chi connectivity index (χ3n) is 5.28. The third-order valence-corrected chi connectivity index (χ3v) is 5.28. The molecule has 1 heterocycles. The standard InChI is InChI=1S/C23H27NO4/c1-13(2)9-8-10-14(3)17-21(26)20(25)15(4)18-22(17)28-23(27)19(24-18)16-11-6-5-7-12-16/h5-7,9,11-12,14,20,22,25-26H,8,10H2,1-4H3/t14-,20?,22?/m1/s1. The zero-order valence-corrected chi connectivity index (χ0v) is 16.8. The van der Waals surface area contributed by atoms with Gasteiger partial charge < -0.3 is 14.9 Å². The highest BCUT2D eigenvalue weighted by molar-refractivity contribution is 6.44.